The predicted octanol–water partition coefficient (Wildman–Crippen LogP) is 4.90. The van der Waals surface area contributed by atoms with Crippen molar-refractivity contribution in [2.24, 2.45) is 0 Å². The molecule has 1 aliphatic heterocycles. The van der Waals surface area contributed by atoms with Crippen LogP contribution < -0.4 is 5.32 Å². The van der Waals surface area contributed by atoms with Crippen molar-refractivity contribution in [2.45, 2.75) is 12.2 Å². The molecule has 2 aromatic carbocycles. The highest BCUT2D eigenvalue weighted by molar-refractivity contribution is 9.10. The van der Waals surface area contributed by atoms with Crippen LogP contribution >= 0.6 is 23.5 Å². The topological polar surface area (TPSA) is 67.8 Å². The molecule has 1 heterocycles. The number of hydrogen-bond acceptors (Lipinski definition) is 5. The van der Waals surface area contributed by atoms with Crippen LogP contribution in [-0.4, -0.2) is 18.3 Å². The fourth-order valence-electron chi connectivity index (χ4n) is 2.33. The van der Waals surface area contributed by atoms with Gasteiger partial charge in [0.25, 0.3) is 0 Å². The minimum Gasteiger partial charge on any atom is -0.508 e. The zero-order chi connectivity index (χ0) is 16.3. The van der Waals surface area contributed by atoms with Gasteiger partial charge in [0.15, 0.2) is 5.78 Å². The number of phenolic OH excluding ortho intramolecular Hbond substituents is 1. The Kier molecular flexibility index (Phi) is 5.07. The zero-order valence-corrected chi connectivity index (χ0v) is 14.8. The lowest BCUT2D eigenvalue weighted by atomic mass is 10.2. The van der Waals surface area contributed by atoms with E-state index in [-0.39, 0.29) is 5.75 Å². The number of hydrogen-bond donors (Lipinski definition) is 2. The van der Waals surface area contributed by atoms with Gasteiger partial charge in [-0.05, 0) is 48.4 Å². The van der Waals surface area contributed by atoms with Gasteiger partial charge in [-0.15, -0.1) is 0 Å². The molecule has 3 rings (SSSR count). The Bertz CT molecular complexity index is 695. The van der Waals surface area contributed by atoms with Gasteiger partial charge in [0.2, 0.25) is 0 Å². The summed E-state index contributed by atoms with van der Waals surface area (Å²) in [4.78, 5) is 0. The summed E-state index contributed by atoms with van der Waals surface area (Å²) in [5, 5.41) is 12.7. The van der Waals surface area contributed by atoms with Gasteiger partial charge in [0, 0.05) is 10.2 Å². The number of aromatic hydroxyl groups is 1. The molecular formula is C16H17BrNO4P. The van der Waals surface area contributed by atoms with Crippen molar-refractivity contribution in [3.63, 3.8) is 0 Å². The Morgan fingerprint density at radius 3 is 2.26 bits per heavy atom. The molecule has 122 valence electrons. The minimum absolute atomic E-state index is 0.153. The lowest BCUT2D eigenvalue weighted by molar-refractivity contribution is 0.141. The van der Waals surface area contributed by atoms with Gasteiger partial charge < -0.3 is 19.5 Å². The number of benzene rings is 2. The largest absolute Gasteiger partial charge is 0.508 e. The molecule has 0 saturated carbocycles. The number of nitrogens with one attached hydrogen (secondary N) is 1. The van der Waals surface area contributed by atoms with Gasteiger partial charge in [-0.2, -0.15) is 0 Å². The van der Waals surface area contributed by atoms with E-state index < -0.39 is 13.4 Å². The van der Waals surface area contributed by atoms with Crippen molar-refractivity contribution in [2.75, 3.05) is 18.5 Å². The Morgan fingerprint density at radius 1 is 1.04 bits per heavy atom. The third-order valence-electron chi connectivity index (χ3n) is 3.50. The van der Waals surface area contributed by atoms with E-state index in [9.17, 15) is 9.67 Å². The van der Waals surface area contributed by atoms with Crippen molar-refractivity contribution < 1.29 is 18.7 Å². The van der Waals surface area contributed by atoms with Crippen LogP contribution in [0.4, 0.5) is 5.69 Å². The Labute approximate surface area is 143 Å². The van der Waals surface area contributed by atoms with Crippen LogP contribution in [0.15, 0.2) is 53.0 Å². The Hall–Kier alpha value is -1.33. The van der Waals surface area contributed by atoms with Gasteiger partial charge in [0.05, 0.1) is 13.2 Å². The van der Waals surface area contributed by atoms with Crippen molar-refractivity contribution in [1.82, 2.24) is 0 Å². The molecule has 2 N–H and O–H groups in total. The third kappa shape index (κ3) is 3.96. The standard InChI is InChI=1S/C16H17BrNO4P/c17-13-4-6-14(7-5-13)18-16(12-2-8-15(19)9-3-12)23(20)21-10-1-11-22-23/h2-9,16,18-19H,1,10-11H2. The second-order valence-electron chi connectivity index (χ2n) is 5.21. The van der Waals surface area contributed by atoms with E-state index in [0.717, 1.165) is 22.1 Å². The quantitative estimate of drug-likeness (QED) is 0.718. The van der Waals surface area contributed by atoms with Gasteiger partial charge >= 0.3 is 7.60 Å². The molecular weight excluding hydrogens is 381 g/mol. The van der Waals surface area contributed by atoms with Crippen molar-refractivity contribution in [3.05, 3.63) is 58.6 Å². The van der Waals surface area contributed by atoms with Crippen molar-refractivity contribution in [3.8, 4) is 5.75 Å². The summed E-state index contributed by atoms with van der Waals surface area (Å²) >= 11 is 3.39. The van der Waals surface area contributed by atoms with E-state index >= 15 is 0 Å². The molecule has 1 fully saturated rings. The first-order valence-corrected chi connectivity index (χ1v) is 9.67. The zero-order valence-electron chi connectivity index (χ0n) is 12.3. The molecule has 1 atom stereocenters. The first kappa shape index (κ1) is 16.5. The lowest BCUT2D eigenvalue weighted by Crippen LogP contribution is -2.19. The number of rotatable bonds is 4. The van der Waals surface area contributed by atoms with Gasteiger partial charge in [0.1, 0.15) is 5.75 Å². The first-order chi connectivity index (χ1) is 11.1. The molecule has 0 spiro atoms. The van der Waals surface area contributed by atoms with Gasteiger partial charge in [-0.1, -0.05) is 28.1 Å². The summed E-state index contributed by atoms with van der Waals surface area (Å²) in [5.74, 6) is -0.482. The SMILES string of the molecule is O=P1(C(Nc2ccc(Br)cc2)c2ccc(O)cc2)OCCCO1. The maximum atomic E-state index is 13.1. The third-order valence-corrected chi connectivity index (χ3v) is 6.18. The number of anilines is 1. The summed E-state index contributed by atoms with van der Waals surface area (Å²) in [6.45, 7) is 0.821. The Morgan fingerprint density at radius 2 is 1.65 bits per heavy atom. The molecule has 0 bridgehead atoms. The molecule has 7 heteroatoms. The normalized spacial score (nSPS) is 18.3. The predicted molar refractivity (Wildman–Crippen MR) is 92.7 cm³/mol. The highest BCUT2D eigenvalue weighted by Gasteiger charge is 2.39. The summed E-state index contributed by atoms with van der Waals surface area (Å²) in [6, 6.07) is 14.1. The van der Waals surface area contributed by atoms with Crippen LogP contribution in [0.1, 0.15) is 17.8 Å². The van der Waals surface area contributed by atoms with E-state index in [2.05, 4.69) is 21.2 Å². The van der Waals surface area contributed by atoms with Crippen LogP contribution in [0.3, 0.4) is 0 Å². The highest BCUT2D eigenvalue weighted by atomic mass is 79.9. The average molecular weight is 398 g/mol. The maximum absolute atomic E-state index is 13.1. The second-order valence-corrected chi connectivity index (χ2v) is 8.23. The molecule has 2 aromatic rings. The summed E-state index contributed by atoms with van der Waals surface area (Å²) < 4.78 is 25.1. The molecule has 0 aromatic heterocycles. The first-order valence-electron chi connectivity index (χ1n) is 7.27. The van der Waals surface area contributed by atoms with E-state index in [1.807, 2.05) is 24.3 Å². The van der Waals surface area contributed by atoms with Crippen molar-refractivity contribution in [1.29, 1.82) is 0 Å². The molecule has 1 unspecified atom stereocenters. The second kappa shape index (κ2) is 7.05. The smallest absolute Gasteiger partial charge is 0.357 e. The van der Waals surface area contributed by atoms with E-state index in [1.165, 1.54) is 0 Å². The molecule has 0 amide bonds. The lowest BCUT2D eigenvalue weighted by Gasteiger charge is -2.31. The van der Waals surface area contributed by atoms with Crippen LogP contribution in [0.2, 0.25) is 0 Å². The van der Waals surface area contributed by atoms with Gasteiger partial charge in [-0.3, -0.25) is 4.57 Å². The fourth-order valence-corrected chi connectivity index (χ4v) is 4.58. The molecule has 1 saturated heterocycles. The highest BCUT2D eigenvalue weighted by Crippen LogP contribution is 2.62. The van der Waals surface area contributed by atoms with Crippen LogP contribution in [-0.2, 0) is 13.6 Å². The fraction of sp³-hybridized carbons (Fsp3) is 0.250. The van der Waals surface area contributed by atoms with E-state index in [4.69, 9.17) is 9.05 Å². The number of halogens is 1. The maximum Gasteiger partial charge on any atom is 0.357 e. The summed E-state index contributed by atoms with van der Waals surface area (Å²) in [7, 11) is -3.34. The van der Waals surface area contributed by atoms with E-state index in [1.54, 1.807) is 24.3 Å². The summed E-state index contributed by atoms with van der Waals surface area (Å²) in [5.41, 5.74) is 1.54. The van der Waals surface area contributed by atoms with Crippen LogP contribution in [0.5, 0.6) is 5.75 Å². The number of phenols is 1. The average Bonchev–Trinajstić information content (AvgIpc) is 2.56. The molecule has 5 nitrogen and oxygen atoms in total. The van der Waals surface area contributed by atoms with Crippen molar-refractivity contribution >= 4 is 29.2 Å². The monoisotopic (exact) mass is 397 g/mol. The van der Waals surface area contributed by atoms with Crippen LogP contribution in [0, 0.1) is 0 Å². The molecule has 1 aliphatic rings. The Balaban J connectivity index is 1.93. The minimum atomic E-state index is -3.34. The molecule has 0 aliphatic carbocycles. The summed E-state index contributed by atoms with van der Waals surface area (Å²) in [6.07, 6.45) is 0.727. The van der Waals surface area contributed by atoms with Gasteiger partial charge in [-0.25, -0.2) is 0 Å². The van der Waals surface area contributed by atoms with E-state index in [0.29, 0.717) is 13.2 Å². The molecule has 0 radical (unpaired) electrons. The van der Waals surface area contributed by atoms with Crippen LogP contribution in [0.25, 0.3) is 0 Å². The molecule has 23 heavy (non-hydrogen) atoms.